The molecule has 0 amide bonds. The smallest absolute Gasteiger partial charge is 0.244 e. The molecule has 1 aromatic carbocycles. The van der Waals surface area contributed by atoms with Gasteiger partial charge in [-0.2, -0.15) is 0 Å². The number of anilines is 1. The molecule has 0 bridgehead atoms. The van der Waals surface area contributed by atoms with E-state index in [4.69, 9.17) is 4.74 Å². The Kier molecular flexibility index (Phi) is 6.64. The number of thiophene rings is 1. The van der Waals surface area contributed by atoms with Crippen LogP contribution in [0.25, 0.3) is 0 Å². The molecule has 0 aliphatic carbocycles. The predicted molar refractivity (Wildman–Crippen MR) is 111 cm³/mol. The van der Waals surface area contributed by atoms with Crippen molar-refractivity contribution in [2.75, 3.05) is 29.8 Å². The monoisotopic (exact) mass is 444 g/mol. The number of benzene rings is 1. The third kappa shape index (κ3) is 4.86. The maximum atomic E-state index is 12.9. The van der Waals surface area contributed by atoms with Gasteiger partial charge in [-0.15, -0.1) is 11.3 Å². The molecule has 1 fully saturated rings. The van der Waals surface area contributed by atoms with Gasteiger partial charge in [-0.1, -0.05) is 6.07 Å². The molecule has 1 aliphatic rings. The fraction of sp³-hybridized carbons (Fsp3) is 0.444. The maximum absolute atomic E-state index is 12.9. The van der Waals surface area contributed by atoms with E-state index in [-0.39, 0.29) is 22.9 Å². The zero-order valence-corrected chi connectivity index (χ0v) is 18.1. The molecule has 10 heteroatoms. The van der Waals surface area contributed by atoms with Gasteiger partial charge >= 0.3 is 0 Å². The van der Waals surface area contributed by atoms with Crippen molar-refractivity contribution in [2.45, 2.75) is 31.1 Å². The summed E-state index contributed by atoms with van der Waals surface area (Å²) in [5.41, 5.74) is 0.349. The highest BCUT2D eigenvalue weighted by Gasteiger charge is 2.28. The van der Waals surface area contributed by atoms with Crippen molar-refractivity contribution in [1.82, 2.24) is 4.72 Å². The molecule has 1 saturated heterocycles. The molecule has 0 spiro atoms. The van der Waals surface area contributed by atoms with E-state index >= 15 is 0 Å². The first-order valence-electron chi connectivity index (χ1n) is 9.13. The quantitative estimate of drug-likeness (QED) is 0.676. The average Bonchev–Trinajstić information content (AvgIpc) is 3.15. The Hall–Kier alpha value is -1.62. The summed E-state index contributed by atoms with van der Waals surface area (Å²) in [4.78, 5) is 1.04. The SMILES string of the molecule is CCOc1ccc(N2CCCCS2(=O)=O)cc1S(=O)(=O)NCCc1cccs1. The van der Waals surface area contributed by atoms with Gasteiger partial charge < -0.3 is 4.74 Å². The molecular formula is C18H24N2O5S3. The summed E-state index contributed by atoms with van der Waals surface area (Å²) in [5.74, 6) is 0.283. The Bertz CT molecular complexity index is 1000. The molecule has 0 radical (unpaired) electrons. The first-order valence-corrected chi connectivity index (χ1v) is 13.1. The van der Waals surface area contributed by atoms with Crippen molar-refractivity contribution in [1.29, 1.82) is 0 Å². The third-order valence-corrected chi connectivity index (χ3v) is 8.69. The molecule has 1 N–H and O–H groups in total. The second kappa shape index (κ2) is 8.81. The van der Waals surface area contributed by atoms with Crippen LogP contribution in [0.2, 0.25) is 0 Å². The molecule has 28 heavy (non-hydrogen) atoms. The molecule has 0 unspecified atom stereocenters. The minimum atomic E-state index is -3.86. The lowest BCUT2D eigenvalue weighted by molar-refractivity contribution is 0.331. The van der Waals surface area contributed by atoms with E-state index < -0.39 is 20.0 Å². The Morgan fingerprint density at radius 1 is 1.25 bits per heavy atom. The molecule has 7 nitrogen and oxygen atoms in total. The van der Waals surface area contributed by atoms with Gasteiger partial charge in [0.25, 0.3) is 0 Å². The van der Waals surface area contributed by atoms with E-state index in [0.717, 1.165) is 11.3 Å². The fourth-order valence-electron chi connectivity index (χ4n) is 3.06. The Morgan fingerprint density at radius 3 is 2.75 bits per heavy atom. The van der Waals surface area contributed by atoms with Crippen LogP contribution in [0.4, 0.5) is 5.69 Å². The molecule has 0 saturated carbocycles. The van der Waals surface area contributed by atoms with Gasteiger partial charge in [-0.25, -0.2) is 21.6 Å². The van der Waals surface area contributed by atoms with Gasteiger partial charge in [0.05, 0.1) is 18.0 Å². The third-order valence-electron chi connectivity index (χ3n) is 4.40. The topological polar surface area (TPSA) is 92.8 Å². The molecule has 3 rings (SSSR count). The normalized spacial score (nSPS) is 16.8. The summed E-state index contributed by atoms with van der Waals surface area (Å²) in [6.45, 7) is 2.67. The van der Waals surface area contributed by atoms with E-state index in [1.54, 1.807) is 24.3 Å². The zero-order valence-electron chi connectivity index (χ0n) is 15.6. The number of nitrogens with zero attached hydrogens (tertiary/aromatic N) is 1. The Balaban J connectivity index is 1.88. The van der Waals surface area contributed by atoms with Crippen molar-refractivity contribution in [3.8, 4) is 5.75 Å². The number of ether oxygens (including phenoxy) is 1. The first-order chi connectivity index (χ1) is 13.3. The van der Waals surface area contributed by atoms with Gasteiger partial charge in [0.15, 0.2) is 0 Å². The number of hydrogen-bond donors (Lipinski definition) is 1. The standard InChI is InChI=1S/C18H24N2O5S3/c1-2-25-17-8-7-15(20-11-3-4-13-27(20,21)22)14-18(17)28(23,24)19-10-9-16-6-5-12-26-16/h5-8,12,14,19H,2-4,9-11,13H2,1H3. The summed E-state index contributed by atoms with van der Waals surface area (Å²) in [6, 6.07) is 8.38. The maximum Gasteiger partial charge on any atom is 0.244 e. The second-order valence-electron chi connectivity index (χ2n) is 6.39. The number of hydrogen-bond acceptors (Lipinski definition) is 6. The average molecular weight is 445 g/mol. The summed E-state index contributed by atoms with van der Waals surface area (Å²) in [5, 5.41) is 1.94. The lowest BCUT2D eigenvalue weighted by atomic mass is 10.2. The van der Waals surface area contributed by atoms with Crippen molar-refractivity contribution in [2.24, 2.45) is 0 Å². The van der Waals surface area contributed by atoms with E-state index in [2.05, 4.69) is 4.72 Å². The van der Waals surface area contributed by atoms with Crippen LogP contribution in [0.3, 0.4) is 0 Å². The largest absolute Gasteiger partial charge is 0.492 e. The van der Waals surface area contributed by atoms with Crippen molar-refractivity contribution in [3.63, 3.8) is 0 Å². The van der Waals surface area contributed by atoms with E-state index in [1.807, 2.05) is 17.5 Å². The molecule has 1 aliphatic heterocycles. The predicted octanol–water partition coefficient (Wildman–Crippen LogP) is 2.60. The van der Waals surface area contributed by atoms with Crippen LogP contribution in [0.15, 0.2) is 40.6 Å². The van der Waals surface area contributed by atoms with Gasteiger partial charge in [-0.05, 0) is 55.8 Å². The lowest BCUT2D eigenvalue weighted by Gasteiger charge is -2.28. The van der Waals surface area contributed by atoms with Crippen LogP contribution < -0.4 is 13.8 Å². The van der Waals surface area contributed by atoms with Crippen molar-refractivity contribution >= 4 is 37.1 Å². The second-order valence-corrected chi connectivity index (χ2v) is 11.2. The van der Waals surface area contributed by atoms with E-state index in [0.29, 0.717) is 31.7 Å². The Morgan fingerprint density at radius 2 is 2.07 bits per heavy atom. The van der Waals surface area contributed by atoms with Crippen LogP contribution in [0.1, 0.15) is 24.6 Å². The van der Waals surface area contributed by atoms with Crippen molar-refractivity contribution < 1.29 is 21.6 Å². The van der Waals surface area contributed by atoms with Crippen LogP contribution in [-0.4, -0.2) is 42.3 Å². The van der Waals surface area contributed by atoms with E-state index in [9.17, 15) is 16.8 Å². The van der Waals surface area contributed by atoms with Gasteiger partial charge in [0, 0.05) is 18.0 Å². The number of nitrogens with one attached hydrogen (secondary N) is 1. The molecule has 0 atom stereocenters. The molecule has 1 aromatic heterocycles. The van der Waals surface area contributed by atoms with Gasteiger partial charge in [-0.3, -0.25) is 4.31 Å². The molecule has 154 valence electrons. The first kappa shape index (κ1) is 21.1. The minimum Gasteiger partial charge on any atom is -0.492 e. The van der Waals surface area contributed by atoms with Crippen LogP contribution in [0, 0.1) is 0 Å². The Labute approximate surface area is 170 Å². The van der Waals surface area contributed by atoms with E-state index in [1.165, 1.54) is 16.4 Å². The lowest BCUT2D eigenvalue weighted by Crippen LogP contribution is -2.38. The summed E-state index contributed by atoms with van der Waals surface area (Å²) in [6.07, 6.45) is 1.94. The highest BCUT2D eigenvalue weighted by atomic mass is 32.2. The number of rotatable bonds is 8. The summed E-state index contributed by atoms with van der Waals surface area (Å²) in [7, 11) is -7.29. The van der Waals surface area contributed by atoms with Gasteiger partial charge in [0.1, 0.15) is 10.6 Å². The van der Waals surface area contributed by atoms with Crippen LogP contribution in [0.5, 0.6) is 5.75 Å². The molecule has 2 aromatic rings. The van der Waals surface area contributed by atoms with Crippen LogP contribution >= 0.6 is 11.3 Å². The summed E-state index contributed by atoms with van der Waals surface area (Å²) >= 11 is 1.57. The summed E-state index contributed by atoms with van der Waals surface area (Å²) < 4.78 is 59.9. The zero-order chi connectivity index (χ0) is 20.2. The fourth-order valence-corrected chi connectivity index (χ4v) is 6.59. The minimum absolute atomic E-state index is 0.0428. The van der Waals surface area contributed by atoms with Gasteiger partial charge in [0.2, 0.25) is 20.0 Å². The highest BCUT2D eigenvalue weighted by Crippen LogP contribution is 2.32. The number of sulfonamides is 2. The highest BCUT2D eigenvalue weighted by molar-refractivity contribution is 7.92. The molecule has 2 heterocycles. The van der Waals surface area contributed by atoms with Crippen LogP contribution in [-0.2, 0) is 26.5 Å². The van der Waals surface area contributed by atoms with Crippen molar-refractivity contribution in [3.05, 3.63) is 40.6 Å². The molecular weight excluding hydrogens is 420 g/mol.